The summed E-state index contributed by atoms with van der Waals surface area (Å²) in [6, 6.07) is 13.8. The van der Waals surface area contributed by atoms with Gasteiger partial charge in [0, 0.05) is 59.9 Å². The van der Waals surface area contributed by atoms with E-state index in [4.69, 9.17) is 16.6 Å². The highest BCUT2D eigenvalue weighted by molar-refractivity contribution is 6.30. The van der Waals surface area contributed by atoms with Crippen molar-refractivity contribution in [3.05, 3.63) is 78.7 Å². The first-order chi connectivity index (χ1) is 17.9. The van der Waals surface area contributed by atoms with E-state index in [2.05, 4.69) is 51.1 Å². The molecule has 0 radical (unpaired) electrons. The van der Waals surface area contributed by atoms with Crippen LogP contribution in [0.2, 0.25) is 5.02 Å². The van der Waals surface area contributed by atoms with Gasteiger partial charge in [0.25, 0.3) is 0 Å². The summed E-state index contributed by atoms with van der Waals surface area (Å²) in [6.07, 6.45) is 7.59. The van der Waals surface area contributed by atoms with Gasteiger partial charge < -0.3 is 20.4 Å². The molecule has 1 aliphatic rings. The van der Waals surface area contributed by atoms with Crippen molar-refractivity contribution in [3.63, 3.8) is 0 Å². The van der Waals surface area contributed by atoms with Crippen LogP contribution in [0.5, 0.6) is 0 Å². The number of amides is 1. The standard InChI is InChI=1S/C28H28ClN7O/c1-4-26(37)33-24-13-21(8-9-25(24)36(3)22-10-11-35(2)17-22)32-28-31-15-19-14-30-16-23(27(19)34-28)18-6-5-7-20(29)12-18/h4-9,12-16,22H,1,10-11,17H2,2-3H3,(H,33,37)(H,31,32,34). The number of nitrogens with one attached hydrogen (secondary N) is 2. The van der Waals surface area contributed by atoms with Crippen LogP contribution in [0.25, 0.3) is 22.0 Å². The Bertz CT molecular complexity index is 1470. The zero-order valence-electron chi connectivity index (χ0n) is 20.8. The number of likely N-dealkylation sites (N-methyl/N-ethyl adjacent to an activating group) is 2. The number of halogens is 1. The number of carbonyl (C=O) groups is 1. The molecule has 1 aliphatic heterocycles. The maximum Gasteiger partial charge on any atom is 0.247 e. The summed E-state index contributed by atoms with van der Waals surface area (Å²) in [5.41, 5.74) is 4.93. The van der Waals surface area contributed by atoms with Crippen LogP contribution in [0.15, 0.2) is 73.7 Å². The van der Waals surface area contributed by atoms with Gasteiger partial charge in [-0.25, -0.2) is 9.97 Å². The second kappa shape index (κ2) is 10.5. The fourth-order valence-corrected chi connectivity index (χ4v) is 4.83. The lowest BCUT2D eigenvalue weighted by Gasteiger charge is -2.29. The van der Waals surface area contributed by atoms with Crippen molar-refractivity contribution in [2.24, 2.45) is 0 Å². The van der Waals surface area contributed by atoms with E-state index < -0.39 is 0 Å². The molecule has 1 unspecified atom stereocenters. The van der Waals surface area contributed by atoms with E-state index in [1.54, 1.807) is 18.6 Å². The highest BCUT2D eigenvalue weighted by Gasteiger charge is 2.25. The molecule has 1 saturated heterocycles. The average molecular weight is 514 g/mol. The van der Waals surface area contributed by atoms with E-state index in [9.17, 15) is 4.79 Å². The summed E-state index contributed by atoms with van der Waals surface area (Å²) in [5.74, 6) is 0.164. The predicted molar refractivity (Wildman–Crippen MR) is 151 cm³/mol. The first kappa shape index (κ1) is 24.7. The Morgan fingerprint density at radius 1 is 1.22 bits per heavy atom. The van der Waals surface area contributed by atoms with Crippen molar-refractivity contribution < 1.29 is 4.79 Å². The lowest BCUT2D eigenvalue weighted by Crippen LogP contribution is -2.34. The van der Waals surface area contributed by atoms with Crippen molar-refractivity contribution in [2.45, 2.75) is 12.5 Å². The van der Waals surface area contributed by atoms with E-state index >= 15 is 0 Å². The summed E-state index contributed by atoms with van der Waals surface area (Å²) in [6.45, 7) is 5.62. The van der Waals surface area contributed by atoms with Gasteiger partial charge in [0.15, 0.2) is 0 Å². The number of anilines is 4. The van der Waals surface area contributed by atoms with Gasteiger partial charge in [0.2, 0.25) is 11.9 Å². The largest absolute Gasteiger partial charge is 0.369 e. The molecule has 8 nitrogen and oxygen atoms in total. The van der Waals surface area contributed by atoms with Crippen LogP contribution >= 0.6 is 11.6 Å². The van der Waals surface area contributed by atoms with Crippen LogP contribution in [0.4, 0.5) is 23.0 Å². The molecule has 2 aromatic carbocycles. The number of likely N-dealkylation sites (tertiary alicyclic amines) is 1. The molecule has 0 aliphatic carbocycles. The molecule has 3 heterocycles. The van der Waals surface area contributed by atoms with Gasteiger partial charge in [-0.05, 0) is 62.0 Å². The zero-order chi connectivity index (χ0) is 25.9. The molecule has 5 rings (SSSR count). The van der Waals surface area contributed by atoms with Crippen molar-refractivity contribution >= 4 is 51.4 Å². The summed E-state index contributed by atoms with van der Waals surface area (Å²) in [7, 11) is 4.19. The Morgan fingerprint density at radius 3 is 2.84 bits per heavy atom. The average Bonchev–Trinajstić information content (AvgIpc) is 3.34. The molecular weight excluding hydrogens is 486 g/mol. The van der Waals surface area contributed by atoms with Crippen molar-refractivity contribution in [1.82, 2.24) is 19.9 Å². The fraction of sp³-hybridized carbons (Fsp3) is 0.214. The molecule has 2 N–H and O–H groups in total. The summed E-state index contributed by atoms with van der Waals surface area (Å²) >= 11 is 6.22. The first-order valence-corrected chi connectivity index (χ1v) is 12.4. The molecule has 1 atom stereocenters. The second-order valence-electron chi connectivity index (χ2n) is 9.19. The Labute approximate surface area is 221 Å². The van der Waals surface area contributed by atoms with E-state index in [1.807, 2.05) is 42.5 Å². The lowest BCUT2D eigenvalue weighted by molar-refractivity contribution is -0.111. The molecule has 1 amide bonds. The molecule has 37 heavy (non-hydrogen) atoms. The number of aromatic nitrogens is 3. The zero-order valence-corrected chi connectivity index (χ0v) is 21.5. The maximum absolute atomic E-state index is 12.2. The van der Waals surface area contributed by atoms with Gasteiger partial charge in [-0.15, -0.1) is 0 Å². The number of pyridine rings is 1. The molecular formula is C28H28ClN7O. The van der Waals surface area contributed by atoms with Crippen LogP contribution < -0.4 is 15.5 Å². The van der Waals surface area contributed by atoms with Gasteiger partial charge in [-0.2, -0.15) is 0 Å². The van der Waals surface area contributed by atoms with Gasteiger partial charge in [0.1, 0.15) is 0 Å². The summed E-state index contributed by atoms with van der Waals surface area (Å²) in [5, 5.41) is 7.71. The molecule has 0 spiro atoms. The first-order valence-electron chi connectivity index (χ1n) is 12.0. The highest BCUT2D eigenvalue weighted by atomic mass is 35.5. The van der Waals surface area contributed by atoms with Crippen molar-refractivity contribution in [1.29, 1.82) is 0 Å². The van der Waals surface area contributed by atoms with Gasteiger partial charge >= 0.3 is 0 Å². The van der Waals surface area contributed by atoms with E-state index in [0.717, 1.165) is 52.9 Å². The molecule has 9 heteroatoms. The van der Waals surface area contributed by atoms with E-state index in [1.165, 1.54) is 6.08 Å². The smallest absolute Gasteiger partial charge is 0.247 e. The molecule has 188 valence electrons. The number of carbonyl (C=O) groups excluding carboxylic acids is 1. The Kier molecular flexibility index (Phi) is 7.03. The minimum absolute atomic E-state index is 0.268. The SMILES string of the molecule is C=CC(=O)Nc1cc(Nc2ncc3cncc(-c4cccc(Cl)c4)c3n2)ccc1N(C)C1CCN(C)C1. The number of hydrogen-bond donors (Lipinski definition) is 2. The molecule has 4 aromatic rings. The topological polar surface area (TPSA) is 86.3 Å². The molecule has 0 bridgehead atoms. The van der Waals surface area contributed by atoms with E-state index in [0.29, 0.717) is 22.7 Å². The van der Waals surface area contributed by atoms with Crippen molar-refractivity contribution in [3.8, 4) is 11.1 Å². The van der Waals surface area contributed by atoms with Crippen LogP contribution in [0.1, 0.15) is 6.42 Å². The molecule has 0 saturated carbocycles. The van der Waals surface area contributed by atoms with Gasteiger partial charge in [-0.1, -0.05) is 30.3 Å². The van der Waals surface area contributed by atoms with Crippen LogP contribution in [-0.2, 0) is 4.79 Å². The summed E-state index contributed by atoms with van der Waals surface area (Å²) < 4.78 is 0. The Morgan fingerprint density at radius 2 is 2.08 bits per heavy atom. The minimum Gasteiger partial charge on any atom is -0.369 e. The number of rotatable bonds is 7. The number of benzene rings is 2. The minimum atomic E-state index is -0.268. The third-order valence-electron chi connectivity index (χ3n) is 6.62. The van der Waals surface area contributed by atoms with Crippen LogP contribution in [0, 0.1) is 0 Å². The third kappa shape index (κ3) is 5.40. The lowest BCUT2D eigenvalue weighted by atomic mass is 10.1. The fourth-order valence-electron chi connectivity index (χ4n) is 4.64. The normalized spacial score (nSPS) is 15.5. The molecule has 1 fully saturated rings. The van der Waals surface area contributed by atoms with Crippen LogP contribution in [0.3, 0.4) is 0 Å². The predicted octanol–water partition coefficient (Wildman–Crippen LogP) is 5.35. The van der Waals surface area contributed by atoms with Gasteiger partial charge in [-0.3, -0.25) is 9.78 Å². The highest BCUT2D eigenvalue weighted by Crippen LogP contribution is 2.33. The molecule has 2 aromatic heterocycles. The number of nitrogens with zero attached hydrogens (tertiary/aromatic N) is 5. The monoisotopic (exact) mass is 513 g/mol. The Balaban J connectivity index is 1.48. The van der Waals surface area contributed by atoms with Crippen LogP contribution in [-0.4, -0.2) is 59.0 Å². The third-order valence-corrected chi connectivity index (χ3v) is 6.85. The van der Waals surface area contributed by atoms with Gasteiger partial charge in [0.05, 0.1) is 16.9 Å². The quantitative estimate of drug-likeness (QED) is 0.322. The van der Waals surface area contributed by atoms with Crippen molar-refractivity contribution in [2.75, 3.05) is 42.7 Å². The second-order valence-corrected chi connectivity index (χ2v) is 9.63. The Hall–Kier alpha value is -4.01. The number of hydrogen-bond acceptors (Lipinski definition) is 7. The van der Waals surface area contributed by atoms with E-state index in [-0.39, 0.29) is 5.91 Å². The maximum atomic E-state index is 12.2. The summed E-state index contributed by atoms with van der Waals surface area (Å²) in [4.78, 5) is 30.4. The number of fused-ring (bicyclic) bond motifs is 1.